The second-order valence-corrected chi connectivity index (χ2v) is 23.3. The molecule has 2 saturated heterocycles. The van der Waals surface area contributed by atoms with Crippen molar-refractivity contribution in [2.24, 2.45) is 0 Å². The molecule has 0 aromatic carbocycles. The van der Waals surface area contributed by atoms with Crippen LogP contribution in [0, 0.1) is 0 Å². The number of ether oxygens (including phenoxy) is 6. The van der Waals surface area contributed by atoms with Crippen LogP contribution in [-0.2, 0) is 51.6 Å². The molecule has 3 rings (SSSR count). The molecule has 16 unspecified atom stereocenters. The van der Waals surface area contributed by atoms with Gasteiger partial charge in [0.25, 0.3) is 0 Å². The average molecular weight is 1190 g/mol. The zero-order valence-corrected chi connectivity index (χ0v) is 49.0. The van der Waals surface area contributed by atoms with E-state index < -0.39 is 150 Å². The average Bonchev–Trinajstić information content (AvgIpc) is 3.48. The van der Waals surface area contributed by atoms with Gasteiger partial charge in [0.2, 0.25) is 0 Å². The molecule has 0 aromatic heterocycles. The largest absolute Gasteiger partial charge is 0.472 e. The molecule has 12 N–H and O–H groups in total. The minimum absolute atomic E-state index is 0.0370. The van der Waals surface area contributed by atoms with E-state index in [0.717, 1.165) is 103 Å². The van der Waals surface area contributed by atoms with Crippen molar-refractivity contribution in [3.05, 3.63) is 24.3 Å². The van der Waals surface area contributed by atoms with Gasteiger partial charge in [0.1, 0.15) is 92.1 Å². The maximum absolute atomic E-state index is 14.0. The Morgan fingerprint density at radius 3 is 1.21 bits per heavy atom. The summed E-state index contributed by atoms with van der Waals surface area (Å²) in [6, 6.07) is 0. The Labute approximate surface area is 479 Å². The second-order valence-electron chi connectivity index (χ2n) is 21.9. The number of esters is 2. The monoisotopic (exact) mass is 1190 g/mol. The van der Waals surface area contributed by atoms with Crippen molar-refractivity contribution in [1.29, 1.82) is 0 Å². The molecule has 2 heterocycles. The third-order valence-corrected chi connectivity index (χ3v) is 16.0. The van der Waals surface area contributed by atoms with E-state index in [-0.39, 0.29) is 12.8 Å². The van der Waals surface area contributed by atoms with Crippen LogP contribution in [0.3, 0.4) is 0 Å². The highest BCUT2D eigenvalue weighted by Gasteiger charge is 2.58. The van der Waals surface area contributed by atoms with Gasteiger partial charge in [0.15, 0.2) is 18.7 Å². The Balaban J connectivity index is 1.69. The fourth-order valence-electron chi connectivity index (χ4n) is 9.93. The first-order chi connectivity index (χ1) is 38.9. The van der Waals surface area contributed by atoms with Crippen LogP contribution in [0.1, 0.15) is 194 Å². The fourth-order valence-corrected chi connectivity index (χ4v) is 10.9. The van der Waals surface area contributed by atoms with E-state index in [9.17, 15) is 75.2 Å². The summed E-state index contributed by atoms with van der Waals surface area (Å²) in [5, 5.41) is 117. The van der Waals surface area contributed by atoms with Crippen LogP contribution < -0.4 is 0 Å². The number of aliphatic hydroxyl groups is 11. The van der Waals surface area contributed by atoms with Crippen LogP contribution in [0.25, 0.3) is 0 Å². The highest BCUT2D eigenvalue weighted by atomic mass is 31.2. The van der Waals surface area contributed by atoms with E-state index >= 15 is 0 Å². The van der Waals surface area contributed by atoms with Gasteiger partial charge >= 0.3 is 19.8 Å². The number of carbonyl (C=O) groups is 2. The lowest BCUT2D eigenvalue weighted by Gasteiger charge is -2.49. The van der Waals surface area contributed by atoms with Crippen molar-refractivity contribution in [2.45, 2.75) is 298 Å². The number of hydrogen-bond acceptors (Lipinski definition) is 22. The summed E-state index contributed by atoms with van der Waals surface area (Å²) in [6.07, 6.45) is 1.49. The van der Waals surface area contributed by atoms with Gasteiger partial charge in [-0.2, -0.15) is 0 Å². The molecule has 1 aliphatic carbocycles. The molecule has 81 heavy (non-hydrogen) atoms. The maximum atomic E-state index is 14.0. The van der Waals surface area contributed by atoms with Crippen LogP contribution in [-0.4, -0.2) is 204 Å². The molecule has 3 aliphatic rings. The van der Waals surface area contributed by atoms with Crippen LogP contribution >= 0.6 is 7.82 Å². The first kappa shape index (κ1) is 73.2. The van der Waals surface area contributed by atoms with Crippen LogP contribution in [0.15, 0.2) is 24.3 Å². The summed E-state index contributed by atoms with van der Waals surface area (Å²) in [7, 11) is -5.64. The van der Waals surface area contributed by atoms with Crippen LogP contribution in [0.4, 0.5) is 0 Å². The zero-order valence-electron chi connectivity index (χ0n) is 48.1. The van der Waals surface area contributed by atoms with Crippen molar-refractivity contribution >= 4 is 19.8 Å². The molecule has 23 nitrogen and oxygen atoms in total. The number of carbonyl (C=O) groups excluding carboxylic acids is 2. The summed E-state index contributed by atoms with van der Waals surface area (Å²) in [5.74, 6) is -1.34. The van der Waals surface area contributed by atoms with E-state index in [2.05, 4.69) is 38.2 Å². The van der Waals surface area contributed by atoms with Gasteiger partial charge in [0, 0.05) is 12.8 Å². The van der Waals surface area contributed by atoms with E-state index in [1.807, 2.05) is 0 Å². The highest BCUT2D eigenvalue weighted by molar-refractivity contribution is 7.47. The third-order valence-electron chi connectivity index (χ3n) is 15.0. The van der Waals surface area contributed by atoms with Gasteiger partial charge in [-0.15, -0.1) is 0 Å². The summed E-state index contributed by atoms with van der Waals surface area (Å²) in [5.41, 5.74) is 0. The minimum atomic E-state index is -5.64. The molecule has 3 fully saturated rings. The van der Waals surface area contributed by atoms with E-state index in [1.54, 1.807) is 0 Å². The Morgan fingerprint density at radius 2 is 0.815 bits per heavy atom. The highest BCUT2D eigenvalue weighted by Crippen LogP contribution is 2.49. The lowest BCUT2D eigenvalue weighted by atomic mass is 9.84. The smallest absolute Gasteiger partial charge is 0.462 e. The zero-order chi connectivity index (χ0) is 59.6. The summed E-state index contributed by atoms with van der Waals surface area (Å²) >= 11 is 0. The van der Waals surface area contributed by atoms with Gasteiger partial charge in [-0.05, 0) is 64.2 Å². The quantitative estimate of drug-likeness (QED) is 0.0173. The topological polar surface area (TPSA) is 368 Å². The van der Waals surface area contributed by atoms with Gasteiger partial charge in [-0.1, -0.05) is 141 Å². The van der Waals surface area contributed by atoms with Gasteiger partial charge in [0.05, 0.1) is 19.8 Å². The molecular weight excluding hydrogens is 1080 g/mol. The SMILES string of the molecule is CCCCCCC=CCCCCCCCCCC(=O)OCC(COP(=O)(O)OC1C(OC2OC(CO)C(O)C(O)C2O)C(O)C(O)C(O)C1OC1OC(CO)C(O)C(O)C1O)OC(=O)CCCCCCCCCC=CCCCCCC. The molecule has 0 radical (unpaired) electrons. The normalized spacial score (nSPS) is 31.1. The van der Waals surface area contributed by atoms with Crippen molar-refractivity contribution in [3.63, 3.8) is 0 Å². The molecule has 24 heteroatoms. The fraction of sp³-hybridized carbons (Fsp3) is 0.895. The van der Waals surface area contributed by atoms with Crippen molar-refractivity contribution in [2.75, 3.05) is 26.4 Å². The molecule has 0 aromatic rings. The lowest BCUT2D eigenvalue weighted by Crippen LogP contribution is -2.69. The van der Waals surface area contributed by atoms with Crippen molar-refractivity contribution < 1.29 is 113 Å². The predicted molar refractivity (Wildman–Crippen MR) is 296 cm³/mol. The lowest BCUT2D eigenvalue weighted by molar-refractivity contribution is -0.360. The Hall–Kier alpha value is -2.07. The van der Waals surface area contributed by atoms with Crippen LogP contribution in [0.2, 0.25) is 0 Å². The van der Waals surface area contributed by atoms with Gasteiger partial charge in [-0.3, -0.25) is 18.6 Å². The van der Waals surface area contributed by atoms with Gasteiger partial charge in [-0.25, -0.2) is 4.57 Å². The predicted octanol–water partition coefficient (Wildman–Crippen LogP) is 4.49. The summed E-state index contributed by atoms with van der Waals surface area (Å²) < 4.78 is 58.1. The van der Waals surface area contributed by atoms with Crippen LogP contribution in [0.5, 0.6) is 0 Å². The molecule has 0 spiro atoms. The summed E-state index contributed by atoms with van der Waals surface area (Å²) in [4.78, 5) is 37.5. The molecule has 474 valence electrons. The summed E-state index contributed by atoms with van der Waals surface area (Å²) in [6.45, 7) is 0.980. The Bertz CT molecular complexity index is 1710. The number of rotatable bonds is 44. The number of hydrogen-bond donors (Lipinski definition) is 12. The first-order valence-corrected chi connectivity index (χ1v) is 31.7. The third kappa shape index (κ3) is 27.5. The molecule has 16 atom stereocenters. The number of aliphatic hydroxyl groups excluding tert-OH is 11. The molecular formula is C57H103O23P. The van der Waals surface area contributed by atoms with E-state index in [4.69, 9.17) is 37.5 Å². The standard InChI is InChI=1S/C57H103O23P/c1-3-5-7-9-11-13-15-17-19-21-23-25-27-29-31-33-42(60)73-37-39(75-43(61)34-32-30-28-26-24-22-20-18-16-14-12-10-8-6-4-2)38-74-81(71,72)80-55-53(78-56-51(69)46(64)44(62)40(35-58)76-56)49(67)48(66)50(68)54(55)79-57-52(70)47(65)45(63)41(36-59)77-57/h13-16,39-41,44-59,62-70H,3-12,17-38H2,1-2H3,(H,71,72). The molecule has 1 saturated carbocycles. The van der Waals surface area contributed by atoms with E-state index in [0.29, 0.717) is 12.8 Å². The minimum Gasteiger partial charge on any atom is -0.462 e. The number of phosphoric acid groups is 1. The first-order valence-electron chi connectivity index (χ1n) is 30.2. The Kier molecular flexibility index (Phi) is 37.8. The molecule has 2 aliphatic heterocycles. The Morgan fingerprint density at radius 1 is 0.457 bits per heavy atom. The van der Waals surface area contributed by atoms with Crippen molar-refractivity contribution in [1.82, 2.24) is 0 Å². The van der Waals surface area contributed by atoms with E-state index in [1.165, 1.54) is 51.4 Å². The maximum Gasteiger partial charge on any atom is 0.472 e. The van der Waals surface area contributed by atoms with Gasteiger partial charge < -0.3 is 89.5 Å². The second kappa shape index (κ2) is 41.9. The number of phosphoric ester groups is 1. The van der Waals surface area contributed by atoms with Crippen molar-refractivity contribution in [3.8, 4) is 0 Å². The molecule has 0 amide bonds. The molecule has 0 bridgehead atoms. The number of allylic oxidation sites excluding steroid dienone is 4. The number of unbranched alkanes of at least 4 members (excludes halogenated alkanes) is 22.